The second kappa shape index (κ2) is 5.49. The maximum atomic E-state index is 11.2. The summed E-state index contributed by atoms with van der Waals surface area (Å²) in [5, 5.41) is 6.12. The lowest BCUT2D eigenvalue weighted by Crippen LogP contribution is -2.46. The Bertz CT molecular complexity index is 272. The molecule has 0 saturated carbocycles. The third-order valence-corrected chi connectivity index (χ3v) is 2.92. The van der Waals surface area contributed by atoms with Gasteiger partial charge in [0.2, 0.25) is 5.91 Å². The van der Waals surface area contributed by atoms with E-state index in [9.17, 15) is 9.59 Å². The summed E-state index contributed by atoms with van der Waals surface area (Å²) in [6.07, 6.45) is 3.15. The topological polar surface area (TPSA) is 67.4 Å². The van der Waals surface area contributed by atoms with Gasteiger partial charge in [-0.3, -0.25) is 9.59 Å². The number of hydrogen-bond acceptors (Lipinski definition) is 4. The summed E-state index contributed by atoms with van der Waals surface area (Å²) in [4.78, 5) is 20.8. The third kappa shape index (κ3) is 4.00. The number of hydrogen-bond donors (Lipinski definition) is 2. The van der Waals surface area contributed by atoms with Crippen molar-refractivity contribution in [1.82, 2.24) is 10.6 Å². The highest BCUT2D eigenvalue weighted by Gasteiger charge is 2.43. The summed E-state index contributed by atoms with van der Waals surface area (Å²) in [7, 11) is 0. The number of nitrogens with one attached hydrogen (secondary N) is 2. The first-order valence-corrected chi connectivity index (χ1v) is 6.04. The number of amides is 1. The predicted molar refractivity (Wildman–Crippen MR) is 64.5 cm³/mol. The van der Waals surface area contributed by atoms with Gasteiger partial charge in [0.05, 0.1) is 5.54 Å². The largest absolute Gasteiger partial charge is 0.462 e. The van der Waals surface area contributed by atoms with E-state index in [1.165, 1.54) is 0 Å². The fraction of sp³-hybridized carbons (Fsp3) is 0.833. The Morgan fingerprint density at radius 2 is 2.00 bits per heavy atom. The molecule has 0 aromatic carbocycles. The minimum absolute atomic E-state index is 0.153. The van der Waals surface area contributed by atoms with Crippen molar-refractivity contribution in [2.75, 3.05) is 13.1 Å². The zero-order chi connectivity index (χ0) is 12.9. The minimum atomic E-state index is -0.318. The Balaban J connectivity index is 0.000000185. The Kier molecular flexibility index (Phi) is 4.51. The van der Waals surface area contributed by atoms with Crippen LogP contribution < -0.4 is 10.6 Å². The molecule has 2 rings (SSSR count). The predicted octanol–water partition coefficient (Wildman–Crippen LogP) is 0.586. The van der Waals surface area contributed by atoms with Crippen LogP contribution in [0.2, 0.25) is 0 Å². The summed E-state index contributed by atoms with van der Waals surface area (Å²) >= 11 is 0. The van der Waals surface area contributed by atoms with Crippen molar-refractivity contribution in [2.45, 2.75) is 51.2 Å². The maximum Gasteiger partial charge on any atom is 0.293 e. The van der Waals surface area contributed by atoms with Gasteiger partial charge in [-0.05, 0) is 46.6 Å². The van der Waals surface area contributed by atoms with Crippen LogP contribution in [0.15, 0.2) is 0 Å². The van der Waals surface area contributed by atoms with Crippen LogP contribution in [-0.4, -0.2) is 36.6 Å². The van der Waals surface area contributed by atoms with E-state index in [2.05, 4.69) is 15.4 Å². The minimum Gasteiger partial charge on any atom is -0.462 e. The van der Waals surface area contributed by atoms with Gasteiger partial charge in [0, 0.05) is 6.54 Å². The highest BCUT2D eigenvalue weighted by molar-refractivity contribution is 5.88. The summed E-state index contributed by atoms with van der Waals surface area (Å²) in [6, 6.07) is 0. The van der Waals surface area contributed by atoms with Crippen LogP contribution in [0.25, 0.3) is 0 Å². The molecule has 17 heavy (non-hydrogen) atoms. The molecule has 5 nitrogen and oxygen atoms in total. The second-order valence-corrected chi connectivity index (χ2v) is 5.44. The number of ether oxygens (including phenoxy) is 1. The standard InChI is InChI=1S/C7H12N2O.C5H10O2/c10-6-7(3-5-8-6)2-1-4-9-7;1-5(2,3)7-4-6/h9H,1-5H2,(H,8,10);4H,1-3H3. The first-order valence-electron chi connectivity index (χ1n) is 6.04. The van der Waals surface area contributed by atoms with Crippen LogP contribution >= 0.6 is 0 Å². The van der Waals surface area contributed by atoms with E-state index in [0.717, 1.165) is 32.4 Å². The molecular weight excluding hydrogens is 220 g/mol. The molecule has 0 bridgehead atoms. The molecular formula is C12H22N2O3. The van der Waals surface area contributed by atoms with Gasteiger partial charge in [-0.2, -0.15) is 0 Å². The Labute approximate surface area is 102 Å². The lowest BCUT2D eigenvalue weighted by atomic mass is 9.96. The van der Waals surface area contributed by atoms with Crippen molar-refractivity contribution >= 4 is 12.4 Å². The molecule has 0 radical (unpaired) electrons. The van der Waals surface area contributed by atoms with Gasteiger partial charge in [-0.25, -0.2) is 0 Å². The van der Waals surface area contributed by atoms with Crippen LogP contribution in [-0.2, 0) is 14.3 Å². The molecule has 2 N–H and O–H groups in total. The average molecular weight is 242 g/mol. The lowest BCUT2D eigenvalue weighted by Gasteiger charge is -2.18. The molecule has 0 aromatic rings. The Hall–Kier alpha value is -1.10. The van der Waals surface area contributed by atoms with Crippen LogP contribution in [0.1, 0.15) is 40.0 Å². The van der Waals surface area contributed by atoms with Gasteiger partial charge >= 0.3 is 0 Å². The van der Waals surface area contributed by atoms with Gasteiger partial charge in [0.15, 0.2) is 0 Å². The van der Waals surface area contributed by atoms with Crippen LogP contribution in [0.3, 0.4) is 0 Å². The maximum absolute atomic E-state index is 11.2. The zero-order valence-electron chi connectivity index (χ0n) is 10.8. The SMILES string of the molecule is CC(C)(C)OC=O.O=C1NCCC12CCCN2. The molecule has 0 aliphatic carbocycles. The molecule has 1 spiro atoms. The van der Waals surface area contributed by atoms with Gasteiger partial charge in [-0.1, -0.05) is 0 Å². The van der Waals surface area contributed by atoms with Crippen molar-refractivity contribution < 1.29 is 14.3 Å². The monoisotopic (exact) mass is 242 g/mol. The lowest BCUT2D eigenvalue weighted by molar-refractivity contribution is -0.138. The summed E-state index contributed by atoms with van der Waals surface area (Å²) in [5.41, 5.74) is -0.470. The average Bonchev–Trinajstić information content (AvgIpc) is 2.79. The van der Waals surface area contributed by atoms with Gasteiger partial charge in [0.1, 0.15) is 5.60 Å². The highest BCUT2D eigenvalue weighted by Crippen LogP contribution is 2.26. The normalized spacial score (nSPS) is 27.4. The quantitative estimate of drug-likeness (QED) is 0.660. The van der Waals surface area contributed by atoms with E-state index >= 15 is 0 Å². The second-order valence-electron chi connectivity index (χ2n) is 5.44. The first kappa shape index (κ1) is 14.0. The molecule has 5 heteroatoms. The molecule has 1 atom stereocenters. The van der Waals surface area contributed by atoms with E-state index in [-0.39, 0.29) is 17.0 Å². The number of carbonyl (C=O) groups excluding carboxylic acids is 2. The zero-order valence-corrected chi connectivity index (χ0v) is 10.8. The fourth-order valence-corrected chi connectivity index (χ4v) is 2.03. The molecule has 0 aromatic heterocycles. The van der Waals surface area contributed by atoms with E-state index in [0.29, 0.717) is 6.47 Å². The highest BCUT2D eigenvalue weighted by atomic mass is 16.5. The Morgan fingerprint density at radius 3 is 2.29 bits per heavy atom. The van der Waals surface area contributed by atoms with Crippen molar-refractivity contribution in [3.05, 3.63) is 0 Å². The van der Waals surface area contributed by atoms with Crippen molar-refractivity contribution in [2.24, 2.45) is 0 Å². The molecule has 98 valence electrons. The molecule has 2 fully saturated rings. The van der Waals surface area contributed by atoms with Crippen LogP contribution in [0.4, 0.5) is 0 Å². The van der Waals surface area contributed by atoms with Crippen molar-refractivity contribution in [1.29, 1.82) is 0 Å². The van der Waals surface area contributed by atoms with Gasteiger partial charge in [0.25, 0.3) is 6.47 Å². The molecule has 1 amide bonds. The van der Waals surface area contributed by atoms with Gasteiger partial charge < -0.3 is 15.4 Å². The van der Waals surface area contributed by atoms with Crippen LogP contribution in [0.5, 0.6) is 0 Å². The molecule has 2 aliphatic rings. The number of rotatable bonds is 1. The molecule has 1 unspecified atom stereocenters. The van der Waals surface area contributed by atoms with Crippen molar-refractivity contribution in [3.8, 4) is 0 Å². The smallest absolute Gasteiger partial charge is 0.293 e. The first-order chi connectivity index (χ1) is 7.90. The summed E-state index contributed by atoms with van der Waals surface area (Å²) in [5.74, 6) is 0.213. The fourth-order valence-electron chi connectivity index (χ4n) is 2.03. The molecule has 2 saturated heterocycles. The molecule has 2 heterocycles. The van der Waals surface area contributed by atoms with Crippen molar-refractivity contribution in [3.63, 3.8) is 0 Å². The number of carbonyl (C=O) groups is 2. The van der Waals surface area contributed by atoms with Gasteiger partial charge in [-0.15, -0.1) is 0 Å². The summed E-state index contributed by atoms with van der Waals surface area (Å²) < 4.78 is 4.55. The van der Waals surface area contributed by atoms with E-state index in [4.69, 9.17) is 0 Å². The summed E-state index contributed by atoms with van der Waals surface area (Å²) in [6.45, 7) is 7.78. The molecule has 2 aliphatic heterocycles. The van der Waals surface area contributed by atoms with E-state index in [1.807, 2.05) is 20.8 Å². The van der Waals surface area contributed by atoms with E-state index in [1.54, 1.807) is 0 Å². The third-order valence-electron chi connectivity index (χ3n) is 2.92. The Morgan fingerprint density at radius 1 is 1.29 bits per heavy atom. The van der Waals surface area contributed by atoms with E-state index < -0.39 is 0 Å². The van der Waals surface area contributed by atoms with Crippen LogP contribution in [0, 0.1) is 0 Å².